The van der Waals surface area contributed by atoms with Crippen molar-refractivity contribution in [1.82, 2.24) is 15.0 Å². The minimum atomic E-state index is -0.190. The van der Waals surface area contributed by atoms with Crippen LogP contribution in [0.1, 0.15) is 30.0 Å². The van der Waals surface area contributed by atoms with Crippen molar-refractivity contribution >= 4 is 17.0 Å². The zero-order chi connectivity index (χ0) is 14.9. The molecule has 1 N–H and O–H groups in total. The predicted octanol–water partition coefficient (Wildman–Crippen LogP) is 3.65. The van der Waals surface area contributed by atoms with Gasteiger partial charge in [0.2, 0.25) is 0 Å². The molecule has 22 heavy (non-hydrogen) atoms. The van der Waals surface area contributed by atoms with E-state index in [9.17, 15) is 4.39 Å². The molecule has 5 heteroatoms. The first kappa shape index (κ1) is 13.1. The Morgan fingerprint density at radius 3 is 2.95 bits per heavy atom. The Hall–Kier alpha value is -2.56. The maximum absolute atomic E-state index is 13.6. The summed E-state index contributed by atoms with van der Waals surface area (Å²) in [7, 11) is 0. The molecule has 0 aliphatic heterocycles. The van der Waals surface area contributed by atoms with Crippen molar-refractivity contribution in [3.05, 3.63) is 59.7 Å². The normalized spacial score (nSPS) is 17.2. The highest BCUT2D eigenvalue weighted by atomic mass is 19.1. The third-order valence-electron chi connectivity index (χ3n) is 4.08. The van der Waals surface area contributed by atoms with Crippen molar-refractivity contribution in [2.24, 2.45) is 0 Å². The van der Waals surface area contributed by atoms with Gasteiger partial charge < -0.3 is 5.32 Å². The van der Waals surface area contributed by atoms with Crippen LogP contribution in [0.5, 0.6) is 0 Å². The van der Waals surface area contributed by atoms with Crippen LogP contribution in [0, 0.1) is 5.82 Å². The molecule has 0 fully saturated rings. The number of anilines is 1. The summed E-state index contributed by atoms with van der Waals surface area (Å²) in [6.07, 6.45) is 6.34. The first-order valence-electron chi connectivity index (χ1n) is 7.42. The minimum Gasteiger partial charge on any atom is -0.363 e. The number of aryl methyl sites for hydroxylation is 1. The second-order valence-electron chi connectivity index (χ2n) is 5.53. The lowest BCUT2D eigenvalue weighted by molar-refractivity contribution is 0.579. The number of nitrogens with zero attached hydrogens (tertiary/aromatic N) is 3. The van der Waals surface area contributed by atoms with Crippen molar-refractivity contribution in [1.29, 1.82) is 0 Å². The van der Waals surface area contributed by atoms with Crippen molar-refractivity contribution in [2.45, 2.75) is 25.3 Å². The van der Waals surface area contributed by atoms with Crippen LogP contribution in [0.2, 0.25) is 0 Å². The molecule has 1 unspecified atom stereocenters. The summed E-state index contributed by atoms with van der Waals surface area (Å²) in [5, 5.41) is 3.41. The SMILES string of the molecule is Fc1ccc2c(c1)C(Nc1ccc3nccnc3n1)CCC2. The third-order valence-corrected chi connectivity index (χ3v) is 4.08. The number of pyridine rings is 1. The molecule has 1 atom stereocenters. The number of halogens is 1. The standard InChI is InChI=1S/C17H15FN4/c18-12-5-4-11-2-1-3-14(13(11)10-12)21-16-7-6-15-17(22-16)20-9-8-19-15/h4-10,14H,1-3H2,(H,20,21,22). The summed E-state index contributed by atoms with van der Waals surface area (Å²) < 4.78 is 13.6. The van der Waals surface area contributed by atoms with Crippen molar-refractivity contribution in [3.8, 4) is 0 Å². The molecule has 3 aromatic rings. The highest BCUT2D eigenvalue weighted by molar-refractivity contribution is 5.71. The highest BCUT2D eigenvalue weighted by Gasteiger charge is 2.21. The molecule has 110 valence electrons. The lowest BCUT2D eigenvalue weighted by atomic mass is 9.87. The Bertz CT molecular complexity index is 834. The van der Waals surface area contributed by atoms with Gasteiger partial charge in [0, 0.05) is 12.4 Å². The van der Waals surface area contributed by atoms with Gasteiger partial charge in [-0.1, -0.05) is 6.07 Å². The second kappa shape index (κ2) is 5.33. The maximum atomic E-state index is 13.6. The van der Waals surface area contributed by atoms with Crippen molar-refractivity contribution in [2.75, 3.05) is 5.32 Å². The summed E-state index contributed by atoms with van der Waals surface area (Å²) in [6, 6.07) is 8.93. The first-order valence-corrected chi connectivity index (χ1v) is 7.42. The molecule has 2 heterocycles. The van der Waals surface area contributed by atoms with Gasteiger partial charge in [0.1, 0.15) is 17.2 Å². The average molecular weight is 294 g/mol. The van der Waals surface area contributed by atoms with E-state index < -0.39 is 0 Å². The van der Waals surface area contributed by atoms with Gasteiger partial charge in [-0.15, -0.1) is 0 Å². The fourth-order valence-corrected chi connectivity index (χ4v) is 3.03. The Balaban J connectivity index is 1.67. The number of hydrogen-bond acceptors (Lipinski definition) is 4. The molecule has 1 aromatic carbocycles. The van der Waals surface area contributed by atoms with E-state index in [0.717, 1.165) is 36.2 Å². The molecule has 0 radical (unpaired) electrons. The topological polar surface area (TPSA) is 50.7 Å². The maximum Gasteiger partial charge on any atom is 0.180 e. The molecule has 1 aliphatic carbocycles. The summed E-state index contributed by atoms with van der Waals surface area (Å²) in [6.45, 7) is 0. The largest absolute Gasteiger partial charge is 0.363 e. The lowest BCUT2D eigenvalue weighted by Gasteiger charge is -2.26. The second-order valence-corrected chi connectivity index (χ2v) is 5.53. The predicted molar refractivity (Wildman–Crippen MR) is 83.0 cm³/mol. The van der Waals surface area contributed by atoms with Crippen LogP contribution in [-0.4, -0.2) is 15.0 Å². The van der Waals surface area contributed by atoms with E-state index in [1.54, 1.807) is 18.5 Å². The van der Waals surface area contributed by atoms with Crippen LogP contribution in [0.3, 0.4) is 0 Å². The van der Waals surface area contributed by atoms with E-state index in [2.05, 4.69) is 20.3 Å². The number of rotatable bonds is 2. The number of hydrogen-bond donors (Lipinski definition) is 1. The first-order chi connectivity index (χ1) is 10.8. The summed E-state index contributed by atoms with van der Waals surface area (Å²) in [5.41, 5.74) is 3.63. The summed E-state index contributed by atoms with van der Waals surface area (Å²) in [4.78, 5) is 12.9. The van der Waals surface area contributed by atoms with Crippen LogP contribution >= 0.6 is 0 Å². The van der Waals surface area contributed by atoms with Gasteiger partial charge in [0.25, 0.3) is 0 Å². The van der Waals surface area contributed by atoms with E-state index >= 15 is 0 Å². The average Bonchev–Trinajstić information content (AvgIpc) is 2.55. The van der Waals surface area contributed by atoms with Gasteiger partial charge in [-0.2, -0.15) is 0 Å². The molecular weight excluding hydrogens is 279 g/mol. The van der Waals surface area contributed by atoms with Crippen LogP contribution in [0.15, 0.2) is 42.7 Å². The highest BCUT2D eigenvalue weighted by Crippen LogP contribution is 2.32. The van der Waals surface area contributed by atoms with E-state index in [0.29, 0.717) is 5.65 Å². The summed E-state index contributed by atoms with van der Waals surface area (Å²) >= 11 is 0. The third kappa shape index (κ3) is 2.39. The molecule has 0 spiro atoms. The van der Waals surface area contributed by atoms with Crippen LogP contribution in [0.4, 0.5) is 10.2 Å². The van der Waals surface area contributed by atoms with Crippen LogP contribution in [0.25, 0.3) is 11.2 Å². The van der Waals surface area contributed by atoms with E-state index in [1.807, 2.05) is 18.2 Å². The molecule has 1 aliphatic rings. The van der Waals surface area contributed by atoms with Gasteiger partial charge >= 0.3 is 0 Å². The molecule has 2 aromatic heterocycles. The van der Waals surface area contributed by atoms with Crippen molar-refractivity contribution < 1.29 is 4.39 Å². The Kier molecular flexibility index (Phi) is 3.18. The van der Waals surface area contributed by atoms with E-state index in [1.165, 1.54) is 11.6 Å². The van der Waals surface area contributed by atoms with E-state index in [-0.39, 0.29) is 11.9 Å². The van der Waals surface area contributed by atoms with Gasteiger partial charge in [-0.05, 0) is 54.7 Å². The van der Waals surface area contributed by atoms with Crippen LogP contribution < -0.4 is 5.32 Å². The zero-order valence-electron chi connectivity index (χ0n) is 12.0. The molecule has 4 rings (SSSR count). The van der Waals surface area contributed by atoms with Crippen LogP contribution in [-0.2, 0) is 6.42 Å². The molecule has 0 saturated heterocycles. The minimum absolute atomic E-state index is 0.0843. The van der Waals surface area contributed by atoms with E-state index in [4.69, 9.17) is 0 Å². The summed E-state index contributed by atoms with van der Waals surface area (Å²) in [5.74, 6) is 0.555. The monoisotopic (exact) mass is 294 g/mol. The molecule has 0 saturated carbocycles. The number of aromatic nitrogens is 3. The fourth-order valence-electron chi connectivity index (χ4n) is 3.03. The Morgan fingerprint density at radius 2 is 2.00 bits per heavy atom. The Morgan fingerprint density at radius 1 is 1.09 bits per heavy atom. The van der Waals surface area contributed by atoms with Crippen molar-refractivity contribution in [3.63, 3.8) is 0 Å². The molecule has 0 amide bonds. The van der Waals surface area contributed by atoms with Gasteiger partial charge in [0.15, 0.2) is 5.65 Å². The number of benzene rings is 1. The molecule has 0 bridgehead atoms. The smallest absolute Gasteiger partial charge is 0.180 e. The fraction of sp³-hybridized carbons (Fsp3) is 0.235. The quantitative estimate of drug-likeness (QED) is 0.783. The zero-order valence-corrected chi connectivity index (χ0v) is 12.0. The Labute approximate surface area is 127 Å². The van der Waals surface area contributed by atoms with Gasteiger partial charge in [-0.25, -0.2) is 14.4 Å². The number of fused-ring (bicyclic) bond motifs is 2. The van der Waals surface area contributed by atoms with Gasteiger partial charge in [0.05, 0.1) is 6.04 Å². The lowest BCUT2D eigenvalue weighted by Crippen LogP contribution is -2.18. The molecular formula is C17H15FN4. The number of nitrogens with one attached hydrogen (secondary N) is 1. The van der Waals surface area contributed by atoms with Gasteiger partial charge in [-0.3, -0.25) is 4.98 Å². The molecule has 4 nitrogen and oxygen atoms in total.